The third-order valence-corrected chi connectivity index (χ3v) is 8.09. The maximum Gasteiger partial charge on any atom is 0.523 e. The number of halogens is 3. The predicted octanol–water partition coefficient (Wildman–Crippen LogP) is 6.07. The number of rotatable bonds is 5. The summed E-state index contributed by atoms with van der Waals surface area (Å²) in [6, 6.07) is 14.8. The number of nitrogens with zero attached hydrogens (tertiary/aromatic N) is 1. The molecule has 1 atom stereocenters. The van der Waals surface area contributed by atoms with Crippen LogP contribution in [-0.2, 0) is 30.8 Å². The van der Waals surface area contributed by atoms with E-state index in [9.17, 15) is 21.6 Å². The van der Waals surface area contributed by atoms with Gasteiger partial charge in [-0.1, -0.05) is 72.7 Å². The van der Waals surface area contributed by atoms with Crippen LogP contribution in [0.1, 0.15) is 22.8 Å². The second-order valence-corrected chi connectivity index (χ2v) is 15.0. The van der Waals surface area contributed by atoms with Gasteiger partial charge in [0.05, 0.1) is 8.07 Å². The van der Waals surface area contributed by atoms with Crippen LogP contribution in [-0.4, -0.2) is 22.0 Å². The number of alkyl halides is 3. The summed E-state index contributed by atoms with van der Waals surface area (Å²) in [5, 5.41) is 2.10. The largest absolute Gasteiger partial charge is 0.523 e. The van der Waals surface area contributed by atoms with E-state index in [1.54, 1.807) is 36.4 Å². The van der Waals surface area contributed by atoms with Crippen LogP contribution in [0.25, 0.3) is 15.6 Å². The second kappa shape index (κ2) is 9.51. The Morgan fingerprint density at radius 3 is 2.12 bits per heavy atom. The maximum atomic E-state index is 13.2. The summed E-state index contributed by atoms with van der Waals surface area (Å²) < 4.78 is 68.4. The number of hydrogen-bond donors (Lipinski definition) is 0. The minimum Gasteiger partial charge on any atom is -0.250 e. The van der Waals surface area contributed by atoms with E-state index in [2.05, 4.69) is 11.8 Å². The Labute approximate surface area is 202 Å². The van der Waals surface area contributed by atoms with Gasteiger partial charge in [-0.25, -0.2) is 4.85 Å². The van der Waals surface area contributed by atoms with Crippen molar-refractivity contribution in [1.82, 2.24) is 0 Å². The first kappa shape index (κ1) is 26.9. The van der Waals surface area contributed by atoms with Crippen molar-refractivity contribution < 1.29 is 42.3 Å². The van der Waals surface area contributed by atoms with Gasteiger partial charge in [0.2, 0.25) is 5.69 Å². The van der Waals surface area contributed by atoms with Crippen LogP contribution in [0.2, 0.25) is 19.6 Å². The summed E-state index contributed by atoms with van der Waals surface area (Å²) in [7, 11) is -8.07. The van der Waals surface area contributed by atoms with E-state index in [4.69, 9.17) is 10.8 Å². The van der Waals surface area contributed by atoms with E-state index < -0.39 is 29.8 Å². The Morgan fingerprint density at radius 2 is 1.61 bits per heavy atom. The van der Waals surface area contributed by atoms with Crippen molar-refractivity contribution in [2.45, 2.75) is 31.3 Å². The zero-order valence-corrected chi connectivity index (χ0v) is 20.8. The monoisotopic (exact) mass is 534 g/mol. The molecule has 0 saturated carbocycles. The van der Waals surface area contributed by atoms with Crippen LogP contribution in [0, 0.1) is 13.5 Å². The van der Waals surface area contributed by atoms with Crippen LogP contribution in [0.5, 0.6) is 0 Å². The second-order valence-electron chi connectivity index (χ2n) is 8.42. The number of hydrogen-bond acceptors (Lipinski definition) is 3. The molecule has 0 N–H and O–H groups in total. The first-order valence-corrected chi connectivity index (χ1v) is 14.5. The Morgan fingerprint density at radius 1 is 1.03 bits per heavy atom. The zero-order valence-electron chi connectivity index (χ0n) is 18.0. The van der Waals surface area contributed by atoms with Gasteiger partial charge in [-0.2, -0.15) is 28.5 Å². The molecule has 0 aromatic heterocycles. The molecule has 0 aliphatic heterocycles. The van der Waals surface area contributed by atoms with Gasteiger partial charge in [0.15, 0.2) is 0 Å². The first-order valence-electron chi connectivity index (χ1n) is 9.60. The van der Waals surface area contributed by atoms with E-state index in [1.807, 2.05) is 25.7 Å². The summed E-state index contributed by atoms with van der Waals surface area (Å²) in [5.74, 6) is 0. The molecule has 0 heterocycles. The molecule has 0 fully saturated rings. The molecule has 0 aliphatic rings. The van der Waals surface area contributed by atoms with Gasteiger partial charge in [-0.05, 0) is 22.6 Å². The van der Waals surface area contributed by atoms with E-state index in [-0.39, 0.29) is 22.1 Å². The summed E-state index contributed by atoms with van der Waals surface area (Å²) in [4.78, 5) is 3.46. The molecule has 0 radical (unpaired) electrons. The van der Waals surface area contributed by atoms with Crippen LogP contribution < -0.4 is 5.19 Å². The average molecular weight is 535 g/mol. The quantitative estimate of drug-likeness (QED) is 0.173. The fourth-order valence-electron chi connectivity index (χ4n) is 3.47. The first-order chi connectivity index (χ1) is 14.7. The fourth-order valence-corrected chi connectivity index (χ4v) is 5.70. The molecule has 178 valence electrons. The molecule has 0 amide bonds. The van der Waals surface area contributed by atoms with Crippen LogP contribution in [0.4, 0.5) is 18.9 Å². The van der Waals surface area contributed by atoms with Gasteiger partial charge in [-0.15, -0.1) is 11.6 Å². The fraction of sp³-hybridized carbons (Fsp3) is 0.217. The average Bonchev–Trinajstić information content (AvgIpc) is 2.69. The van der Waals surface area contributed by atoms with E-state index in [0.29, 0.717) is 22.2 Å². The molecule has 0 aliphatic carbocycles. The molecular weight excluding hydrogens is 514 g/mol. The van der Waals surface area contributed by atoms with Crippen molar-refractivity contribution in [2.24, 2.45) is 0 Å². The minimum atomic E-state index is -5.86. The summed E-state index contributed by atoms with van der Waals surface area (Å²) in [5.41, 5.74) is -4.07. The number of benzene rings is 3. The summed E-state index contributed by atoms with van der Waals surface area (Å²) >= 11 is 0. The molecule has 4 nitrogen and oxygen atoms in total. The van der Waals surface area contributed by atoms with Crippen LogP contribution >= 0.6 is 0 Å². The molecule has 1 unspecified atom stereocenters. The molecule has 0 saturated heterocycles. The number of fused-ring (bicyclic) bond motifs is 1. The van der Waals surface area contributed by atoms with Gasteiger partial charge in [0, 0.05) is 16.5 Å². The van der Waals surface area contributed by atoms with Crippen molar-refractivity contribution in [3.8, 4) is 0 Å². The van der Waals surface area contributed by atoms with Crippen molar-refractivity contribution in [3.63, 3.8) is 0 Å². The van der Waals surface area contributed by atoms with E-state index in [1.165, 1.54) is 12.1 Å². The topological polar surface area (TPSA) is 47.7 Å². The van der Waals surface area contributed by atoms with Crippen molar-refractivity contribution in [1.29, 1.82) is 0 Å². The SMILES string of the molecule is [C-]#[N+]c1cc2cc([Si](C)(C)C)c(C(OS(=O)(=O)C(F)(F)F)c3ccccc3)cc2cc1[CH2-].[Ni]. The van der Waals surface area contributed by atoms with Crippen molar-refractivity contribution >= 4 is 39.8 Å². The Hall–Kier alpha value is -2.31. The molecule has 10 heteroatoms. The smallest absolute Gasteiger partial charge is 0.250 e. The van der Waals surface area contributed by atoms with Gasteiger partial charge < -0.3 is 0 Å². The van der Waals surface area contributed by atoms with Gasteiger partial charge in [-0.3, -0.25) is 4.18 Å². The molecule has 3 aromatic carbocycles. The molecular formula is C23H21F3NNiO3SSi-. The maximum absolute atomic E-state index is 13.2. The minimum absolute atomic E-state index is 0. The van der Waals surface area contributed by atoms with Gasteiger partial charge >= 0.3 is 15.6 Å². The molecule has 33 heavy (non-hydrogen) atoms. The molecule has 3 rings (SSSR count). The molecule has 3 aromatic rings. The standard InChI is InChI=1S/C23H21F3NO3SSi.Ni/c1-15-11-17-12-19(21(32(3,4)5)14-18(17)13-20(15)27-2)22(16-9-7-6-8-10-16)30-31(28,29)23(24,25)26;/h6-14,22H,1H2,3-5H3;/q-1;. The molecule has 0 bridgehead atoms. The van der Waals surface area contributed by atoms with Crippen molar-refractivity contribution in [2.75, 3.05) is 0 Å². The Balaban J connectivity index is 0.00000385. The summed E-state index contributed by atoms with van der Waals surface area (Å²) in [6.45, 7) is 17.2. The van der Waals surface area contributed by atoms with Gasteiger partial charge in [0.25, 0.3) is 0 Å². The zero-order chi connectivity index (χ0) is 23.9. The van der Waals surface area contributed by atoms with Crippen LogP contribution in [0.15, 0.2) is 54.6 Å². The molecule has 0 spiro atoms. The Bertz CT molecular complexity index is 1320. The third kappa shape index (κ3) is 5.61. The normalized spacial score (nSPS) is 13.2. The van der Waals surface area contributed by atoms with Crippen LogP contribution in [0.3, 0.4) is 0 Å². The third-order valence-electron chi connectivity index (χ3n) is 5.03. The van der Waals surface area contributed by atoms with E-state index >= 15 is 0 Å². The Kier molecular flexibility index (Phi) is 7.76. The van der Waals surface area contributed by atoms with Gasteiger partial charge in [0.1, 0.15) is 12.7 Å². The van der Waals surface area contributed by atoms with E-state index in [0.717, 1.165) is 10.6 Å². The predicted molar refractivity (Wildman–Crippen MR) is 122 cm³/mol. The van der Waals surface area contributed by atoms with Crippen molar-refractivity contribution in [3.05, 3.63) is 89.6 Å². The summed E-state index contributed by atoms with van der Waals surface area (Å²) in [6.07, 6.45) is -1.48.